The van der Waals surface area contributed by atoms with Gasteiger partial charge in [0.15, 0.2) is 0 Å². The summed E-state index contributed by atoms with van der Waals surface area (Å²) in [6.45, 7) is 0.820. The Morgan fingerprint density at radius 2 is 2.00 bits per heavy atom. The standard InChI is InChI=1S/C15H23NO2/c1-16-15(4-3-11-17-2)12-5-7-13(8-6-12)18-14-9-10-14/h5-8,14-16H,3-4,9-11H2,1-2H3. The van der Waals surface area contributed by atoms with Gasteiger partial charge < -0.3 is 14.8 Å². The Labute approximate surface area is 109 Å². The number of rotatable bonds is 8. The van der Waals surface area contributed by atoms with Crippen LogP contribution in [0.4, 0.5) is 0 Å². The minimum Gasteiger partial charge on any atom is -0.490 e. The van der Waals surface area contributed by atoms with Gasteiger partial charge in [-0.3, -0.25) is 0 Å². The average Bonchev–Trinajstić information content (AvgIpc) is 3.20. The van der Waals surface area contributed by atoms with Gasteiger partial charge in [-0.15, -0.1) is 0 Å². The Kier molecular flexibility index (Phi) is 5.02. The Hall–Kier alpha value is -1.06. The zero-order chi connectivity index (χ0) is 12.8. The lowest BCUT2D eigenvalue weighted by Gasteiger charge is -2.17. The van der Waals surface area contributed by atoms with E-state index >= 15 is 0 Å². The van der Waals surface area contributed by atoms with E-state index in [0.717, 1.165) is 25.2 Å². The summed E-state index contributed by atoms with van der Waals surface area (Å²) in [6, 6.07) is 8.87. The van der Waals surface area contributed by atoms with Crippen molar-refractivity contribution in [2.45, 2.75) is 37.8 Å². The maximum absolute atomic E-state index is 5.75. The van der Waals surface area contributed by atoms with Crippen LogP contribution in [-0.4, -0.2) is 26.9 Å². The quantitative estimate of drug-likeness (QED) is 0.719. The molecular formula is C15H23NO2. The molecule has 0 aliphatic heterocycles. The smallest absolute Gasteiger partial charge is 0.119 e. The van der Waals surface area contributed by atoms with Crippen molar-refractivity contribution in [1.82, 2.24) is 5.32 Å². The molecule has 1 N–H and O–H groups in total. The van der Waals surface area contributed by atoms with E-state index in [4.69, 9.17) is 9.47 Å². The van der Waals surface area contributed by atoms with Crippen molar-refractivity contribution in [3.63, 3.8) is 0 Å². The second-order valence-electron chi connectivity index (χ2n) is 4.86. The van der Waals surface area contributed by atoms with Crippen molar-refractivity contribution in [3.8, 4) is 5.75 Å². The Bertz CT molecular complexity index is 346. The minimum absolute atomic E-state index is 0.398. The van der Waals surface area contributed by atoms with Crippen LogP contribution in [-0.2, 0) is 4.74 Å². The van der Waals surface area contributed by atoms with Gasteiger partial charge in [-0.1, -0.05) is 12.1 Å². The molecule has 0 spiro atoms. The lowest BCUT2D eigenvalue weighted by molar-refractivity contribution is 0.189. The Morgan fingerprint density at radius 1 is 1.28 bits per heavy atom. The fourth-order valence-electron chi connectivity index (χ4n) is 2.07. The molecule has 18 heavy (non-hydrogen) atoms. The second kappa shape index (κ2) is 6.76. The zero-order valence-electron chi connectivity index (χ0n) is 11.3. The number of nitrogens with one attached hydrogen (secondary N) is 1. The van der Waals surface area contributed by atoms with Gasteiger partial charge in [0.1, 0.15) is 5.75 Å². The van der Waals surface area contributed by atoms with Crippen LogP contribution in [0.2, 0.25) is 0 Å². The molecule has 0 bridgehead atoms. The maximum Gasteiger partial charge on any atom is 0.119 e. The predicted octanol–water partition coefficient (Wildman–Crippen LogP) is 2.91. The summed E-state index contributed by atoms with van der Waals surface area (Å²) in [6.07, 6.45) is 5.04. The second-order valence-corrected chi connectivity index (χ2v) is 4.86. The number of methoxy groups -OCH3 is 1. The third-order valence-electron chi connectivity index (χ3n) is 3.30. The molecule has 0 amide bonds. The lowest BCUT2D eigenvalue weighted by Crippen LogP contribution is -2.16. The van der Waals surface area contributed by atoms with Gasteiger partial charge in [0.05, 0.1) is 6.10 Å². The maximum atomic E-state index is 5.75. The highest BCUT2D eigenvalue weighted by Gasteiger charge is 2.23. The van der Waals surface area contributed by atoms with Gasteiger partial charge in [0.2, 0.25) is 0 Å². The van der Waals surface area contributed by atoms with Gasteiger partial charge in [0.25, 0.3) is 0 Å². The van der Waals surface area contributed by atoms with Crippen molar-refractivity contribution in [2.24, 2.45) is 0 Å². The van der Waals surface area contributed by atoms with E-state index in [9.17, 15) is 0 Å². The highest BCUT2D eigenvalue weighted by molar-refractivity contribution is 5.29. The van der Waals surface area contributed by atoms with Crippen LogP contribution in [0.3, 0.4) is 0 Å². The zero-order valence-corrected chi connectivity index (χ0v) is 11.3. The molecule has 3 nitrogen and oxygen atoms in total. The van der Waals surface area contributed by atoms with Crippen LogP contribution in [0.5, 0.6) is 5.75 Å². The van der Waals surface area contributed by atoms with Gasteiger partial charge >= 0.3 is 0 Å². The average molecular weight is 249 g/mol. The molecule has 0 saturated heterocycles. The van der Waals surface area contributed by atoms with Crippen LogP contribution in [0.15, 0.2) is 24.3 Å². The van der Waals surface area contributed by atoms with E-state index in [-0.39, 0.29) is 0 Å². The van der Waals surface area contributed by atoms with Crippen molar-refractivity contribution >= 4 is 0 Å². The first-order valence-electron chi connectivity index (χ1n) is 6.76. The normalized spacial score (nSPS) is 16.6. The summed E-state index contributed by atoms with van der Waals surface area (Å²) in [7, 11) is 3.75. The molecule has 1 aliphatic carbocycles. The molecular weight excluding hydrogens is 226 g/mol. The van der Waals surface area contributed by atoms with Crippen LogP contribution in [0.25, 0.3) is 0 Å². The highest BCUT2D eigenvalue weighted by Crippen LogP contribution is 2.28. The molecule has 1 atom stereocenters. The summed E-state index contributed by atoms with van der Waals surface area (Å²) in [5, 5.41) is 3.35. The lowest BCUT2D eigenvalue weighted by atomic mass is 10.0. The van der Waals surface area contributed by atoms with Gasteiger partial charge in [-0.2, -0.15) is 0 Å². The molecule has 3 heteroatoms. The number of hydrogen-bond donors (Lipinski definition) is 1. The van der Waals surface area contributed by atoms with Gasteiger partial charge in [-0.25, -0.2) is 0 Å². The van der Waals surface area contributed by atoms with E-state index in [1.165, 1.54) is 18.4 Å². The monoisotopic (exact) mass is 249 g/mol. The molecule has 1 fully saturated rings. The van der Waals surface area contributed by atoms with Crippen LogP contribution < -0.4 is 10.1 Å². The largest absolute Gasteiger partial charge is 0.490 e. The highest BCUT2D eigenvalue weighted by atomic mass is 16.5. The van der Waals surface area contributed by atoms with E-state index in [2.05, 4.69) is 29.6 Å². The fraction of sp³-hybridized carbons (Fsp3) is 0.600. The molecule has 1 aromatic rings. The summed E-state index contributed by atoms with van der Waals surface area (Å²) < 4.78 is 10.8. The Morgan fingerprint density at radius 3 is 2.56 bits per heavy atom. The summed E-state index contributed by atoms with van der Waals surface area (Å²) >= 11 is 0. The van der Waals surface area contributed by atoms with Crippen LogP contribution >= 0.6 is 0 Å². The molecule has 0 radical (unpaired) electrons. The van der Waals surface area contributed by atoms with Crippen molar-refractivity contribution < 1.29 is 9.47 Å². The van der Waals surface area contributed by atoms with Gasteiger partial charge in [0, 0.05) is 19.8 Å². The Balaban J connectivity index is 1.88. The molecule has 1 unspecified atom stereocenters. The van der Waals surface area contributed by atoms with E-state index in [1.807, 2.05) is 7.05 Å². The first-order valence-corrected chi connectivity index (χ1v) is 6.76. The van der Waals surface area contributed by atoms with Crippen LogP contribution in [0.1, 0.15) is 37.3 Å². The van der Waals surface area contributed by atoms with E-state index in [1.54, 1.807) is 7.11 Å². The first kappa shape index (κ1) is 13.4. The molecule has 1 aliphatic rings. The summed E-state index contributed by atoms with van der Waals surface area (Å²) in [5.74, 6) is 0.994. The SMILES string of the molecule is CNC(CCCOC)c1ccc(OC2CC2)cc1. The molecule has 0 heterocycles. The van der Waals surface area contributed by atoms with Crippen LogP contribution in [0, 0.1) is 0 Å². The summed E-state index contributed by atoms with van der Waals surface area (Å²) in [5.41, 5.74) is 1.32. The van der Waals surface area contributed by atoms with Crippen molar-refractivity contribution in [2.75, 3.05) is 20.8 Å². The third kappa shape index (κ3) is 4.00. The van der Waals surface area contributed by atoms with Crippen molar-refractivity contribution in [3.05, 3.63) is 29.8 Å². The predicted molar refractivity (Wildman–Crippen MR) is 73.0 cm³/mol. The van der Waals surface area contributed by atoms with E-state index in [0.29, 0.717) is 12.1 Å². The molecule has 0 aromatic heterocycles. The van der Waals surface area contributed by atoms with Crippen molar-refractivity contribution in [1.29, 1.82) is 0 Å². The van der Waals surface area contributed by atoms with E-state index < -0.39 is 0 Å². The third-order valence-corrected chi connectivity index (χ3v) is 3.30. The summed E-state index contributed by atoms with van der Waals surface area (Å²) in [4.78, 5) is 0. The topological polar surface area (TPSA) is 30.5 Å². The molecule has 100 valence electrons. The first-order chi connectivity index (χ1) is 8.83. The minimum atomic E-state index is 0.398. The fourth-order valence-corrected chi connectivity index (χ4v) is 2.07. The number of benzene rings is 1. The number of hydrogen-bond acceptors (Lipinski definition) is 3. The molecule has 1 aromatic carbocycles. The molecule has 1 saturated carbocycles. The van der Waals surface area contributed by atoms with Gasteiger partial charge in [-0.05, 0) is 50.4 Å². The molecule has 2 rings (SSSR count). The number of ether oxygens (including phenoxy) is 2.